The number of hydrogen-bond acceptors (Lipinski definition) is 5. The highest BCUT2D eigenvalue weighted by Crippen LogP contribution is 2.30. The van der Waals surface area contributed by atoms with Gasteiger partial charge in [0, 0.05) is 16.1 Å². The predicted octanol–water partition coefficient (Wildman–Crippen LogP) is 4.38. The summed E-state index contributed by atoms with van der Waals surface area (Å²) in [7, 11) is 0. The van der Waals surface area contributed by atoms with Crippen molar-refractivity contribution in [3.8, 4) is 11.3 Å². The van der Waals surface area contributed by atoms with E-state index in [-0.39, 0.29) is 11.6 Å². The zero-order valence-electron chi connectivity index (χ0n) is 13.3. The summed E-state index contributed by atoms with van der Waals surface area (Å²) in [4.78, 5) is 22.6. The molecule has 0 aliphatic heterocycles. The molecule has 0 atom stereocenters. The topological polar surface area (TPSA) is 97.7 Å². The van der Waals surface area contributed by atoms with Crippen molar-refractivity contribution in [2.75, 3.05) is 0 Å². The number of halogens is 1. The third kappa shape index (κ3) is 4.04. The number of furan rings is 1. The first kappa shape index (κ1) is 17.6. The molecule has 0 aliphatic rings. The van der Waals surface area contributed by atoms with Crippen LogP contribution in [-0.4, -0.2) is 17.0 Å². The van der Waals surface area contributed by atoms with Gasteiger partial charge < -0.3 is 4.42 Å². The number of carbonyl (C=O) groups excluding carboxylic acids is 1. The minimum atomic E-state index is -0.468. The molecule has 130 valence electrons. The molecule has 0 spiro atoms. The van der Waals surface area contributed by atoms with E-state index in [0.717, 1.165) is 4.47 Å². The summed E-state index contributed by atoms with van der Waals surface area (Å²) in [6.07, 6.45) is 1.33. The van der Waals surface area contributed by atoms with Gasteiger partial charge in [-0.15, -0.1) is 0 Å². The minimum absolute atomic E-state index is 0.0473. The Labute approximate surface area is 156 Å². The van der Waals surface area contributed by atoms with E-state index >= 15 is 0 Å². The number of nitro groups is 1. The molecular formula is C18H12BrN3O4. The van der Waals surface area contributed by atoms with E-state index < -0.39 is 4.92 Å². The number of hydrogen-bond donors (Lipinski definition) is 1. The van der Waals surface area contributed by atoms with E-state index in [2.05, 4.69) is 26.5 Å². The fourth-order valence-electron chi connectivity index (χ4n) is 2.23. The number of rotatable bonds is 5. The molecule has 8 heteroatoms. The van der Waals surface area contributed by atoms with Crippen LogP contribution >= 0.6 is 15.9 Å². The number of nitrogens with zero attached hydrogens (tertiary/aromatic N) is 2. The summed E-state index contributed by atoms with van der Waals surface area (Å²) in [5.41, 5.74) is 3.18. The molecule has 0 unspecified atom stereocenters. The van der Waals surface area contributed by atoms with Crippen molar-refractivity contribution in [3.05, 3.63) is 86.6 Å². The van der Waals surface area contributed by atoms with E-state index in [0.29, 0.717) is 22.6 Å². The molecule has 0 fully saturated rings. The summed E-state index contributed by atoms with van der Waals surface area (Å²) >= 11 is 3.30. The first-order chi connectivity index (χ1) is 12.5. The number of carbonyl (C=O) groups is 1. The van der Waals surface area contributed by atoms with Crippen molar-refractivity contribution in [2.24, 2.45) is 5.10 Å². The van der Waals surface area contributed by atoms with Gasteiger partial charge in [0.05, 0.1) is 16.7 Å². The van der Waals surface area contributed by atoms with Crippen LogP contribution in [0.15, 0.2) is 74.7 Å². The second-order valence-corrected chi connectivity index (χ2v) is 6.10. The van der Waals surface area contributed by atoms with Crippen molar-refractivity contribution in [2.45, 2.75) is 0 Å². The maximum absolute atomic E-state index is 11.9. The number of nitrogens with one attached hydrogen (secondary N) is 1. The highest BCUT2D eigenvalue weighted by molar-refractivity contribution is 9.10. The second kappa shape index (κ2) is 7.75. The van der Waals surface area contributed by atoms with Crippen LogP contribution < -0.4 is 5.43 Å². The molecule has 3 aromatic rings. The molecule has 1 heterocycles. The molecule has 0 saturated carbocycles. The standard InChI is InChI=1S/C18H12BrN3O4/c19-13-7-5-12(6-8-13)18(23)21-20-11-14-9-10-17(26-14)15-3-1-2-4-16(15)22(24)25/h1-11H,(H,21,23)/b20-11-. The lowest BCUT2D eigenvalue weighted by Gasteiger charge is -1.99. The van der Waals surface area contributed by atoms with E-state index in [4.69, 9.17) is 4.42 Å². The molecule has 0 aliphatic carbocycles. The largest absolute Gasteiger partial charge is 0.455 e. The lowest BCUT2D eigenvalue weighted by atomic mass is 10.1. The Morgan fingerprint density at radius 1 is 1.12 bits per heavy atom. The van der Waals surface area contributed by atoms with Gasteiger partial charge in [-0.25, -0.2) is 5.43 Å². The van der Waals surface area contributed by atoms with E-state index in [9.17, 15) is 14.9 Å². The molecule has 1 amide bonds. The van der Waals surface area contributed by atoms with Crippen LogP contribution in [0, 0.1) is 10.1 Å². The average molecular weight is 414 g/mol. The first-order valence-electron chi connectivity index (χ1n) is 7.47. The molecule has 0 saturated heterocycles. The van der Waals surface area contributed by atoms with E-state index in [1.807, 2.05) is 0 Å². The quantitative estimate of drug-likeness (QED) is 0.381. The van der Waals surface area contributed by atoms with Crippen molar-refractivity contribution < 1.29 is 14.1 Å². The van der Waals surface area contributed by atoms with Crippen LogP contribution in [0.2, 0.25) is 0 Å². The molecule has 2 aromatic carbocycles. The third-order valence-electron chi connectivity index (χ3n) is 3.46. The van der Waals surface area contributed by atoms with Gasteiger partial charge in [-0.2, -0.15) is 5.10 Å². The van der Waals surface area contributed by atoms with Gasteiger partial charge in [-0.1, -0.05) is 28.1 Å². The molecule has 26 heavy (non-hydrogen) atoms. The smallest absolute Gasteiger partial charge is 0.280 e. The number of nitro benzene ring substituents is 1. The first-order valence-corrected chi connectivity index (χ1v) is 8.26. The van der Waals surface area contributed by atoms with Gasteiger partial charge in [0.15, 0.2) is 0 Å². The fourth-order valence-corrected chi connectivity index (χ4v) is 2.49. The van der Waals surface area contributed by atoms with Crippen molar-refractivity contribution in [1.82, 2.24) is 5.43 Å². The van der Waals surface area contributed by atoms with Crippen LogP contribution in [0.4, 0.5) is 5.69 Å². The summed E-state index contributed by atoms with van der Waals surface area (Å²) in [5, 5.41) is 14.9. The monoisotopic (exact) mass is 413 g/mol. The highest BCUT2D eigenvalue weighted by Gasteiger charge is 2.16. The SMILES string of the molecule is O=C(N/N=C\c1ccc(-c2ccccc2[N+](=O)[O-])o1)c1ccc(Br)cc1. The Balaban J connectivity index is 1.71. The maximum atomic E-state index is 11.9. The molecule has 7 nitrogen and oxygen atoms in total. The Kier molecular flexibility index (Phi) is 5.23. The summed E-state index contributed by atoms with van der Waals surface area (Å²) in [6.45, 7) is 0. The number of benzene rings is 2. The van der Waals surface area contributed by atoms with Crippen molar-refractivity contribution in [3.63, 3.8) is 0 Å². The van der Waals surface area contributed by atoms with Crippen LogP contribution in [0.25, 0.3) is 11.3 Å². The lowest BCUT2D eigenvalue weighted by Crippen LogP contribution is -2.17. The van der Waals surface area contributed by atoms with Crippen molar-refractivity contribution in [1.29, 1.82) is 0 Å². The molecule has 1 aromatic heterocycles. The fraction of sp³-hybridized carbons (Fsp3) is 0. The van der Waals surface area contributed by atoms with Gasteiger partial charge >= 0.3 is 0 Å². The number of amides is 1. The van der Waals surface area contributed by atoms with Crippen LogP contribution in [-0.2, 0) is 0 Å². The van der Waals surface area contributed by atoms with Gasteiger partial charge in [0.2, 0.25) is 0 Å². The maximum Gasteiger partial charge on any atom is 0.280 e. The normalized spacial score (nSPS) is 10.8. The van der Waals surface area contributed by atoms with Gasteiger partial charge in [0.1, 0.15) is 11.5 Å². The Bertz CT molecular complexity index is 980. The minimum Gasteiger partial charge on any atom is -0.455 e. The lowest BCUT2D eigenvalue weighted by molar-refractivity contribution is -0.384. The zero-order chi connectivity index (χ0) is 18.5. The summed E-state index contributed by atoms with van der Waals surface area (Å²) < 4.78 is 6.42. The molecular weight excluding hydrogens is 402 g/mol. The summed E-state index contributed by atoms with van der Waals surface area (Å²) in [6, 6.07) is 16.3. The van der Waals surface area contributed by atoms with Crippen LogP contribution in [0.3, 0.4) is 0 Å². The van der Waals surface area contributed by atoms with E-state index in [1.165, 1.54) is 12.3 Å². The number of para-hydroxylation sites is 1. The molecule has 1 N–H and O–H groups in total. The molecule has 0 radical (unpaired) electrons. The van der Waals surface area contributed by atoms with Crippen LogP contribution in [0.5, 0.6) is 0 Å². The zero-order valence-corrected chi connectivity index (χ0v) is 14.8. The number of hydrazone groups is 1. The van der Waals surface area contributed by atoms with Crippen LogP contribution in [0.1, 0.15) is 16.1 Å². The van der Waals surface area contributed by atoms with Gasteiger partial charge in [0.25, 0.3) is 11.6 Å². The van der Waals surface area contributed by atoms with Gasteiger partial charge in [-0.3, -0.25) is 14.9 Å². The van der Waals surface area contributed by atoms with Crippen molar-refractivity contribution >= 4 is 33.7 Å². The summed E-state index contributed by atoms with van der Waals surface area (Å²) in [5.74, 6) is 0.339. The third-order valence-corrected chi connectivity index (χ3v) is 3.99. The Morgan fingerprint density at radius 3 is 2.58 bits per heavy atom. The molecule has 0 bridgehead atoms. The average Bonchev–Trinajstić information content (AvgIpc) is 3.11. The molecule has 3 rings (SSSR count). The Morgan fingerprint density at radius 2 is 1.85 bits per heavy atom. The highest BCUT2D eigenvalue weighted by atomic mass is 79.9. The van der Waals surface area contributed by atoms with Gasteiger partial charge in [-0.05, 0) is 42.5 Å². The second-order valence-electron chi connectivity index (χ2n) is 5.18. The van der Waals surface area contributed by atoms with E-state index in [1.54, 1.807) is 54.6 Å². The Hall–Kier alpha value is -3.26. The predicted molar refractivity (Wildman–Crippen MR) is 100 cm³/mol.